The van der Waals surface area contributed by atoms with Gasteiger partial charge in [0.1, 0.15) is 0 Å². The van der Waals surface area contributed by atoms with Gasteiger partial charge in [-0.05, 0) is 0 Å². The minimum absolute atomic E-state index is 0.340. The first-order valence-corrected chi connectivity index (χ1v) is 5.84. The third-order valence-electron chi connectivity index (χ3n) is 2.01. The van der Waals surface area contributed by atoms with Crippen LogP contribution in [0, 0.1) is 29.1 Å². The van der Waals surface area contributed by atoms with E-state index in [0.29, 0.717) is 4.47 Å². The van der Waals surface area contributed by atoms with Crippen molar-refractivity contribution >= 4 is 22.3 Å². The fourth-order valence-electron chi connectivity index (χ4n) is 1.15. The van der Waals surface area contributed by atoms with E-state index in [2.05, 4.69) is 0 Å². The predicted octanol–water partition coefficient (Wildman–Crippen LogP) is 2.80. The summed E-state index contributed by atoms with van der Waals surface area (Å²) in [4.78, 5) is 0. The van der Waals surface area contributed by atoms with Crippen LogP contribution in [0.25, 0.3) is 0 Å². The molecule has 0 aliphatic heterocycles. The molecule has 1 unspecified atom stereocenters. The van der Waals surface area contributed by atoms with Gasteiger partial charge in [0.25, 0.3) is 0 Å². The maximum absolute atomic E-state index is 13.1. The van der Waals surface area contributed by atoms with Crippen LogP contribution >= 0.6 is 0 Å². The van der Waals surface area contributed by atoms with E-state index < -0.39 is 40.6 Å². The monoisotopic (exact) mass is 340 g/mol. The van der Waals surface area contributed by atoms with Crippen molar-refractivity contribution in [3.63, 3.8) is 0 Å². The molecule has 0 saturated heterocycles. The Kier molecular flexibility index (Phi) is 3.96. The van der Waals surface area contributed by atoms with E-state index in [1.807, 2.05) is 0 Å². The third-order valence-corrected chi connectivity index (χ3v) is 3.57. The molecule has 0 bridgehead atoms. The van der Waals surface area contributed by atoms with Crippen LogP contribution in [0.4, 0.5) is 22.0 Å². The van der Waals surface area contributed by atoms with Gasteiger partial charge in [0.05, 0.1) is 0 Å². The molecular weight excluding hydrogens is 331 g/mol. The van der Waals surface area contributed by atoms with E-state index >= 15 is 0 Å². The van der Waals surface area contributed by atoms with Gasteiger partial charge in [0, 0.05) is 0 Å². The summed E-state index contributed by atoms with van der Waals surface area (Å²) >= 11 is 1.25. The molecule has 0 heterocycles. The van der Waals surface area contributed by atoms with E-state index in [1.165, 1.54) is 29.2 Å². The van der Waals surface area contributed by atoms with Crippen LogP contribution < -0.4 is 0 Å². The molecule has 84 valence electrons. The van der Waals surface area contributed by atoms with Crippen molar-refractivity contribution < 1.29 is 22.0 Å². The summed E-state index contributed by atoms with van der Waals surface area (Å²) in [6.07, 6.45) is 0. The fourth-order valence-corrected chi connectivity index (χ4v) is 1.67. The standard InChI is InChI=1S/C9H7F5Te/c1-3(2-15)4-5(10)7(12)9(14)8(13)6(4)11/h3,15H,2H2,1H3. The van der Waals surface area contributed by atoms with Crippen LogP contribution in [0.2, 0.25) is 4.47 Å². The van der Waals surface area contributed by atoms with E-state index in [-0.39, 0.29) is 0 Å². The van der Waals surface area contributed by atoms with Gasteiger partial charge >= 0.3 is 96.2 Å². The quantitative estimate of drug-likeness (QED) is 0.337. The van der Waals surface area contributed by atoms with Crippen LogP contribution in [0.5, 0.6) is 0 Å². The van der Waals surface area contributed by atoms with Crippen LogP contribution in [0.1, 0.15) is 18.4 Å². The number of halogens is 5. The second-order valence-corrected chi connectivity index (χ2v) is 4.11. The summed E-state index contributed by atoms with van der Waals surface area (Å²) in [7, 11) is 0. The second-order valence-electron chi connectivity index (χ2n) is 3.07. The normalized spacial score (nSPS) is 13.0. The molecule has 1 aromatic rings. The third kappa shape index (κ3) is 2.11. The Morgan fingerprint density at radius 3 is 1.53 bits per heavy atom. The molecule has 15 heavy (non-hydrogen) atoms. The fraction of sp³-hybridized carbons (Fsp3) is 0.333. The maximum atomic E-state index is 13.1. The average Bonchev–Trinajstić information content (AvgIpc) is 2.23. The molecule has 0 radical (unpaired) electrons. The Labute approximate surface area is 96.4 Å². The van der Waals surface area contributed by atoms with Crippen molar-refractivity contribution in [2.75, 3.05) is 0 Å². The molecule has 0 nitrogen and oxygen atoms in total. The van der Waals surface area contributed by atoms with E-state index in [4.69, 9.17) is 0 Å². The van der Waals surface area contributed by atoms with Crippen LogP contribution in [0.3, 0.4) is 0 Å². The molecule has 1 aromatic carbocycles. The zero-order valence-electron chi connectivity index (χ0n) is 7.62. The topological polar surface area (TPSA) is 0 Å². The summed E-state index contributed by atoms with van der Waals surface area (Å²) in [6.45, 7) is 1.41. The molecular formula is C9H7F5Te. The van der Waals surface area contributed by atoms with Crippen LogP contribution in [-0.4, -0.2) is 22.3 Å². The van der Waals surface area contributed by atoms with Gasteiger partial charge in [-0.25, -0.2) is 0 Å². The molecule has 0 amide bonds. The van der Waals surface area contributed by atoms with Crippen molar-refractivity contribution in [3.05, 3.63) is 34.6 Å². The Hall–Kier alpha value is -0.340. The average molecular weight is 338 g/mol. The Bertz CT molecular complexity index is 362. The van der Waals surface area contributed by atoms with Crippen molar-refractivity contribution in [3.8, 4) is 0 Å². The first kappa shape index (κ1) is 12.7. The Balaban J connectivity index is 3.52. The number of hydrogen-bond acceptors (Lipinski definition) is 0. The van der Waals surface area contributed by atoms with Crippen molar-refractivity contribution in [1.82, 2.24) is 0 Å². The SMILES string of the molecule is CC(C[TeH])c1c(F)c(F)c(F)c(F)c1F. The van der Waals surface area contributed by atoms with E-state index in [1.54, 1.807) is 0 Å². The zero-order valence-corrected chi connectivity index (χ0v) is 10.2. The molecule has 0 aliphatic rings. The van der Waals surface area contributed by atoms with Gasteiger partial charge < -0.3 is 0 Å². The summed E-state index contributed by atoms with van der Waals surface area (Å²) in [6, 6.07) is 0. The number of hydrogen-bond donors (Lipinski definition) is 0. The number of rotatable bonds is 2. The van der Waals surface area contributed by atoms with E-state index in [0.717, 1.165) is 0 Å². The second kappa shape index (κ2) is 4.67. The molecule has 1 atom stereocenters. The molecule has 1 rings (SSSR count). The number of benzene rings is 1. The van der Waals surface area contributed by atoms with E-state index in [9.17, 15) is 22.0 Å². The molecule has 0 N–H and O–H groups in total. The van der Waals surface area contributed by atoms with Gasteiger partial charge in [0.2, 0.25) is 0 Å². The van der Waals surface area contributed by atoms with Crippen molar-refractivity contribution in [1.29, 1.82) is 0 Å². The molecule has 0 saturated carbocycles. The molecule has 0 aromatic heterocycles. The predicted molar refractivity (Wildman–Crippen MR) is 46.6 cm³/mol. The van der Waals surface area contributed by atoms with Gasteiger partial charge in [-0.15, -0.1) is 0 Å². The molecule has 0 aliphatic carbocycles. The van der Waals surface area contributed by atoms with Gasteiger partial charge in [-0.1, -0.05) is 0 Å². The molecule has 6 heteroatoms. The van der Waals surface area contributed by atoms with Crippen molar-refractivity contribution in [2.45, 2.75) is 17.3 Å². The van der Waals surface area contributed by atoms with Gasteiger partial charge in [-0.3, -0.25) is 0 Å². The first-order valence-electron chi connectivity index (χ1n) is 4.04. The zero-order chi connectivity index (χ0) is 11.7. The van der Waals surface area contributed by atoms with Gasteiger partial charge in [-0.2, -0.15) is 0 Å². The van der Waals surface area contributed by atoms with Crippen molar-refractivity contribution in [2.24, 2.45) is 0 Å². The first-order chi connectivity index (χ1) is 6.91. The minimum atomic E-state index is -2.11. The Morgan fingerprint density at radius 2 is 1.20 bits per heavy atom. The van der Waals surface area contributed by atoms with Gasteiger partial charge in [0.15, 0.2) is 0 Å². The summed E-state index contributed by atoms with van der Waals surface area (Å²) < 4.78 is 64.7. The summed E-state index contributed by atoms with van der Waals surface area (Å²) in [5, 5.41) is 0. The summed E-state index contributed by atoms with van der Waals surface area (Å²) in [5.74, 6) is -10.0. The Morgan fingerprint density at radius 1 is 0.867 bits per heavy atom. The van der Waals surface area contributed by atoms with Crippen LogP contribution in [-0.2, 0) is 0 Å². The molecule has 0 spiro atoms. The summed E-state index contributed by atoms with van der Waals surface area (Å²) in [5.41, 5.74) is -0.729. The van der Waals surface area contributed by atoms with Crippen LogP contribution in [0.15, 0.2) is 0 Å². The molecule has 0 fully saturated rings.